The third-order valence-corrected chi connectivity index (χ3v) is 2.15. The molecule has 0 bridgehead atoms. The van der Waals surface area contributed by atoms with E-state index in [-0.39, 0.29) is 5.82 Å². The van der Waals surface area contributed by atoms with Gasteiger partial charge in [0.2, 0.25) is 0 Å². The molecule has 0 atom stereocenters. The summed E-state index contributed by atoms with van der Waals surface area (Å²) in [5.41, 5.74) is 2.14. The average molecular weight is 193 g/mol. The second-order valence-electron chi connectivity index (χ2n) is 3.32. The van der Waals surface area contributed by atoms with E-state index in [4.69, 9.17) is 0 Å². The highest BCUT2D eigenvalue weighted by atomic mass is 19.1. The Balaban J connectivity index is 2.46. The van der Waals surface area contributed by atoms with Crippen molar-refractivity contribution in [3.05, 3.63) is 47.8 Å². The second-order valence-corrected chi connectivity index (χ2v) is 3.32. The van der Waals surface area contributed by atoms with Gasteiger partial charge in [-0.25, -0.2) is 4.39 Å². The van der Waals surface area contributed by atoms with Crippen LogP contribution in [0.25, 0.3) is 0 Å². The van der Waals surface area contributed by atoms with Gasteiger partial charge in [0.1, 0.15) is 5.82 Å². The molecular weight excluding hydrogens is 177 g/mol. The summed E-state index contributed by atoms with van der Waals surface area (Å²) in [7, 11) is 0. The van der Waals surface area contributed by atoms with E-state index < -0.39 is 0 Å². The van der Waals surface area contributed by atoms with E-state index in [1.54, 1.807) is 6.07 Å². The molecule has 1 rings (SSSR count). The molecule has 1 aromatic carbocycles. The van der Waals surface area contributed by atoms with Crippen LogP contribution in [0.4, 0.5) is 4.39 Å². The molecule has 0 unspecified atom stereocenters. The molecule has 0 fully saturated rings. The molecule has 0 amide bonds. The van der Waals surface area contributed by atoms with Crippen LogP contribution in [0.1, 0.15) is 17.5 Å². The minimum atomic E-state index is -0.169. The van der Waals surface area contributed by atoms with Gasteiger partial charge in [-0.1, -0.05) is 12.1 Å². The Bertz CT molecular complexity index is 307. The minimum Gasteiger partial charge on any atom is -0.312 e. The van der Waals surface area contributed by atoms with Crippen molar-refractivity contribution < 1.29 is 4.39 Å². The lowest BCUT2D eigenvalue weighted by molar-refractivity contribution is 0.623. The average Bonchev–Trinajstić information content (AvgIpc) is 2.15. The van der Waals surface area contributed by atoms with Gasteiger partial charge in [-0.15, -0.1) is 6.58 Å². The van der Waals surface area contributed by atoms with Crippen LogP contribution in [0, 0.1) is 12.7 Å². The molecule has 0 heterocycles. The number of hydrogen-bond acceptors (Lipinski definition) is 1. The highest BCUT2D eigenvalue weighted by Crippen LogP contribution is 2.09. The van der Waals surface area contributed by atoms with E-state index in [2.05, 4.69) is 11.9 Å². The van der Waals surface area contributed by atoms with Crippen molar-refractivity contribution in [2.45, 2.75) is 19.9 Å². The Morgan fingerprint density at radius 1 is 1.50 bits per heavy atom. The number of nitrogens with one attached hydrogen (secondary N) is 1. The molecule has 0 aromatic heterocycles. The van der Waals surface area contributed by atoms with Crippen LogP contribution in [0.2, 0.25) is 0 Å². The lowest BCUT2D eigenvalue weighted by atomic mass is 10.1. The molecular formula is C12H16FN. The predicted octanol–water partition coefficient (Wildman–Crippen LogP) is 2.80. The van der Waals surface area contributed by atoms with Gasteiger partial charge in [-0.2, -0.15) is 0 Å². The van der Waals surface area contributed by atoms with Crippen molar-refractivity contribution in [3.63, 3.8) is 0 Å². The van der Waals surface area contributed by atoms with E-state index >= 15 is 0 Å². The van der Waals surface area contributed by atoms with Crippen LogP contribution in [0.5, 0.6) is 0 Å². The zero-order chi connectivity index (χ0) is 10.4. The van der Waals surface area contributed by atoms with Gasteiger partial charge < -0.3 is 5.32 Å². The molecule has 0 aliphatic rings. The van der Waals surface area contributed by atoms with Crippen molar-refractivity contribution in [1.29, 1.82) is 0 Å². The summed E-state index contributed by atoms with van der Waals surface area (Å²) < 4.78 is 12.8. The number of hydrogen-bond donors (Lipinski definition) is 1. The molecule has 0 saturated heterocycles. The van der Waals surface area contributed by atoms with Crippen molar-refractivity contribution in [2.75, 3.05) is 6.54 Å². The third-order valence-electron chi connectivity index (χ3n) is 2.15. The Morgan fingerprint density at radius 2 is 2.29 bits per heavy atom. The maximum atomic E-state index is 12.8. The summed E-state index contributed by atoms with van der Waals surface area (Å²) in [6, 6.07) is 4.88. The second kappa shape index (κ2) is 5.55. The van der Waals surface area contributed by atoms with Crippen LogP contribution in [-0.4, -0.2) is 6.54 Å². The van der Waals surface area contributed by atoms with Crippen LogP contribution in [0.15, 0.2) is 30.9 Å². The van der Waals surface area contributed by atoms with Gasteiger partial charge in [0.15, 0.2) is 0 Å². The topological polar surface area (TPSA) is 12.0 Å². The maximum Gasteiger partial charge on any atom is 0.123 e. The molecule has 0 aliphatic carbocycles. The molecule has 0 spiro atoms. The molecule has 1 nitrogen and oxygen atoms in total. The largest absolute Gasteiger partial charge is 0.312 e. The van der Waals surface area contributed by atoms with E-state index in [0.717, 1.165) is 30.6 Å². The summed E-state index contributed by atoms with van der Waals surface area (Å²) in [6.45, 7) is 7.28. The first kappa shape index (κ1) is 10.9. The molecule has 0 aliphatic heterocycles. The van der Waals surface area contributed by atoms with E-state index in [1.165, 1.54) is 6.07 Å². The molecule has 14 heavy (non-hydrogen) atoms. The van der Waals surface area contributed by atoms with Crippen LogP contribution in [0.3, 0.4) is 0 Å². The first-order chi connectivity index (χ1) is 6.74. The summed E-state index contributed by atoms with van der Waals surface area (Å²) in [4.78, 5) is 0. The first-order valence-corrected chi connectivity index (χ1v) is 4.80. The quantitative estimate of drug-likeness (QED) is 0.560. The van der Waals surface area contributed by atoms with Crippen molar-refractivity contribution in [2.24, 2.45) is 0 Å². The smallest absolute Gasteiger partial charge is 0.123 e. The third kappa shape index (κ3) is 3.30. The van der Waals surface area contributed by atoms with Gasteiger partial charge in [-0.05, 0) is 43.1 Å². The molecule has 1 aromatic rings. The molecule has 2 heteroatoms. The Hall–Kier alpha value is -1.15. The molecule has 1 N–H and O–H groups in total. The fraction of sp³-hybridized carbons (Fsp3) is 0.333. The lowest BCUT2D eigenvalue weighted by Crippen LogP contribution is -2.14. The van der Waals surface area contributed by atoms with Crippen LogP contribution < -0.4 is 5.32 Å². The SMILES string of the molecule is C=CCCNCc1ccc(F)cc1C. The maximum absolute atomic E-state index is 12.8. The zero-order valence-electron chi connectivity index (χ0n) is 8.52. The number of benzene rings is 1. The van der Waals surface area contributed by atoms with Gasteiger partial charge >= 0.3 is 0 Å². The summed E-state index contributed by atoms with van der Waals surface area (Å²) in [5, 5.41) is 3.27. The minimum absolute atomic E-state index is 0.169. The van der Waals surface area contributed by atoms with Crippen molar-refractivity contribution in [1.82, 2.24) is 5.32 Å². The van der Waals surface area contributed by atoms with Crippen LogP contribution >= 0.6 is 0 Å². The van der Waals surface area contributed by atoms with Crippen LogP contribution in [-0.2, 0) is 6.54 Å². The molecule has 76 valence electrons. The van der Waals surface area contributed by atoms with Crippen molar-refractivity contribution >= 4 is 0 Å². The predicted molar refractivity (Wildman–Crippen MR) is 57.7 cm³/mol. The van der Waals surface area contributed by atoms with Gasteiger partial charge in [-0.3, -0.25) is 0 Å². The number of halogens is 1. The number of rotatable bonds is 5. The van der Waals surface area contributed by atoms with Crippen molar-refractivity contribution in [3.8, 4) is 0 Å². The summed E-state index contributed by atoms with van der Waals surface area (Å²) in [5.74, 6) is -0.169. The van der Waals surface area contributed by atoms with E-state index in [9.17, 15) is 4.39 Å². The number of aryl methyl sites for hydroxylation is 1. The standard InChI is InChI=1S/C12H16FN/c1-3-4-7-14-9-11-5-6-12(13)8-10(11)2/h3,5-6,8,14H,1,4,7,9H2,2H3. The van der Waals surface area contributed by atoms with Gasteiger partial charge in [0, 0.05) is 6.54 Å². The van der Waals surface area contributed by atoms with E-state index in [0.29, 0.717) is 0 Å². The Morgan fingerprint density at radius 3 is 2.93 bits per heavy atom. The lowest BCUT2D eigenvalue weighted by Gasteiger charge is -2.06. The van der Waals surface area contributed by atoms with Gasteiger partial charge in [0.05, 0.1) is 0 Å². The van der Waals surface area contributed by atoms with E-state index in [1.807, 2.05) is 19.1 Å². The first-order valence-electron chi connectivity index (χ1n) is 4.80. The monoisotopic (exact) mass is 193 g/mol. The highest BCUT2D eigenvalue weighted by Gasteiger charge is 1.98. The molecule has 0 saturated carbocycles. The Labute approximate surface area is 84.6 Å². The molecule has 0 radical (unpaired) electrons. The fourth-order valence-electron chi connectivity index (χ4n) is 1.28. The van der Waals surface area contributed by atoms with Gasteiger partial charge in [0.25, 0.3) is 0 Å². The normalized spacial score (nSPS) is 10.1. The fourth-order valence-corrected chi connectivity index (χ4v) is 1.28. The highest BCUT2D eigenvalue weighted by molar-refractivity contribution is 5.26. The summed E-state index contributed by atoms with van der Waals surface area (Å²) >= 11 is 0. The summed E-state index contributed by atoms with van der Waals surface area (Å²) in [6.07, 6.45) is 2.84. The Kier molecular flexibility index (Phi) is 4.33. The zero-order valence-corrected chi connectivity index (χ0v) is 8.52.